The summed E-state index contributed by atoms with van der Waals surface area (Å²) in [5, 5.41) is 6.97. The maximum absolute atomic E-state index is 11.3. The van der Waals surface area contributed by atoms with Crippen LogP contribution in [0.15, 0.2) is 23.1 Å². The maximum Gasteiger partial charge on any atom is 0.287 e. The molecule has 14 heavy (non-hydrogen) atoms. The van der Waals surface area contributed by atoms with E-state index >= 15 is 0 Å². The molecule has 1 N–H and O–H groups in total. The van der Waals surface area contributed by atoms with Gasteiger partial charge in [-0.3, -0.25) is 4.79 Å². The molecule has 4 nitrogen and oxygen atoms in total. The lowest BCUT2D eigenvalue weighted by Crippen LogP contribution is -2.21. The molecule has 0 saturated carbocycles. The lowest BCUT2D eigenvalue weighted by Gasteiger charge is -2.07. The molecule has 0 spiro atoms. The standard InChI is InChI=1S/C9H12ClN3O/c1-6(2)4-11-7-5-12-13(3)9(14)8(7)10/h5,11H,1,4H2,2-3H3. The molecule has 0 bridgehead atoms. The summed E-state index contributed by atoms with van der Waals surface area (Å²) < 4.78 is 1.19. The van der Waals surface area contributed by atoms with Crippen LogP contribution in [0.5, 0.6) is 0 Å². The first kappa shape index (κ1) is 10.8. The minimum Gasteiger partial charge on any atom is -0.379 e. The highest BCUT2D eigenvalue weighted by Crippen LogP contribution is 2.14. The second kappa shape index (κ2) is 4.28. The highest BCUT2D eigenvalue weighted by atomic mass is 35.5. The first-order chi connectivity index (χ1) is 6.52. The van der Waals surface area contributed by atoms with Gasteiger partial charge in [-0.1, -0.05) is 23.8 Å². The Morgan fingerprint density at radius 3 is 3.00 bits per heavy atom. The minimum atomic E-state index is -0.307. The predicted octanol–water partition coefficient (Wildman–Crippen LogP) is 1.42. The molecule has 1 aromatic heterocycles. The molecule has 0 unspecified atom stereocenters. The molecule has 0 radical (unpaired) electrons. The van der Waals surface area contributed by atoms with Crippen molar-refractivity contribution >= 4 is 17.3 Å². The smallest absolute Gasteiger partial charge is 0.287 e. The van der Waals surface area contributed by atoms with Gasteiger partial charge < -0.3 is 5.32 Å². The SMILES string of the molecule is C=C(C)CNc1cnn(C)c(=O)c1Cl. The van der Waals surface area contributed by atoms with Gasteiger partial charge >= 0.3 is 0 Å². The first-order valence-corrected chi connectivity index (χ1v) is 4.50. The third-order valence-corrected chi connectivity index (χ3v) is 2.02. The van der Waals surface area contributed by atoms with Gasteiger partial charge in [-0.15, -0.1) is 0 Å². The molecule has 0 saturated heterocycles. The van der Waals surface area contributed by atoms with E-state index in [0.717, 1.165) is 5.57 Å². The number of hydrogen-bond donors (Lipinski definition) is 1. The average Bonchev–Trinajstić information content (AvgIpc) is 2.13. The molecule has 1 heterocycles. The summed E-state index contributed by atoms with van der Waals surface area (Å²) >= 11 is 5.82. The monoisotopic (exact) mass is 213 g/mol. The van der Waals surface area contributed by atoms with E-state index in [-0.39, 0.29) is 10.6 Å². The summed E-state index contributed by atoms with van der Waals surface area (Å²) in [5.74, 6) is 0. The average molecular weight is 214 g/mol. The molecule has 76 valence electrons. The Hall–Kier alpha value is -1.29. The van der Waals surface area contributed by atoms with Crippen molar-refractivity contribution in [1.82, 2.24) is 9.78 Å². The highest BCUT2D eigenvalue weighted by Gasteiger charge is 2.05. The Balaban J connectivity index is 2.94. The van der Waals surface area contributed by atoms with Crippen molar-refractivity contribution in [3.8, 4) is 0 Å². The summed E-state index contributed by atoms with van der Waals surface area (Å²) in [5.41, 5.74) is 1.19. The van der Waals surface area contributed by atoms with Crippen molar-refractivity contribution in [2.75, 3.05) is 11.9 Å². The van der Waals surface area contributed by atoms with Crippen molar-refractivity contribution in [3.05, 3.63) is 33.7 Å². The maximum atomic E-state index is 11.3. The Labute approximate surface area is 87.2 Å². The van der Waals surface area contributed by atoms with Crippen LogP contribution in [0.1, 0.15) is 6.92 Å². The number of halogens is 1. The summed E-state index contributed by atoms with van der Waals surface area (Å²) in [6, 6.07) is 0. The molecule has 0 aliphatic rings. The van der Waals surface area contributed by atoms with Gasteiger partial charge in [0.15, 0.2) is 0 Å². The minimum absolute atomic E-state index is 0.156. The van der Waals surface area contributed by atoms with Gasteiger partial charge in [0.25, 0.3) is 5.56 Å². The topological polar surface area (TPSA) is 46.9 Å². The number of aromatic nitrogens is 2. The lowest BCUT2D eigenvalue weighted by molar-refractivity contribution is 0.708. The molecule has 0 fully saturated rings. The van der Waals surface area contributed by atoms with E-state index in [1.165, 1.54) is 10.9 Å². The largest absolute Gasteiger partial charge is 0.379 e. The van der Waals surface area contributed by atoms with E-state index in [1.807, 2.05) is 6.92 Å². The number of nitrogens with zero attached hydrogens (tertiary/aromatic N) is 2. The van der Waals surface area contributed by atoms with E-state index in [9.17, 15) is 4.79 Å². The fraction of sp³-hybridized carbons (Fsp3) is 0.333. The van der Waals surface area contributed by atoms with Crippen LogP contribution in [-0.4, -0.2) is 16.3 Å². The van der Waals surface area contributed by atoms with E-state index in [0.29, 0.717) is 12.2 Å². The van der Waals surface area contributed by atoms with Crippen molar-refractivity contribution in [2.24, 2.45) is 7.05 Å². The normalized spacial score (nSPS) is 9.93. The van der Waals surface area contributed by atoms with Gasteiger partial charge in [0.2, 0.25) is 0 Å². The second-order valence-corrected chi connectivity index (χ2v) is 3.49. The summed E-state index contributed by atoms with van der Waals surface area (Å²) in [6.07, 6.45) is 1.52. The van der Waals surface area contributed by atoms with E-state index in [4.69, 9.17) is 11.6 Å². The third-order valence-electron chi connectivity index (χ3n) is 1.66. The van der Waals surface area contributed by atoms with Crippen molar-refractivity contribution < 1.29 is 0 Å². The molecule has 0 atom stereocenters. The van der Waals surface area contributed by atoms with Crippen LogP contribution in [0.3, 0.4) is 0 Å². The zero-order valence-corrected chi connectivity index (χ0v) is 8.93. The van der Waals surface area contributed by atoms with Gasteiger partial charge in [0, 0.05) is 13.6 Å². The molecular formula is C9H12ClN3O. The number of anilines is 1. The number of nitrogens with one attached hydrogen (secondary N) is 1. The van der Waals surface area contributed by atoms with Crippen LogP contribution in [0.4, 0.5) is 5.69 Å². The molecule has 0 aromatic carbocycles. The highest BCUT2D eigenvalue weighted by molar-refractivity contribution is 6.32. The van der Waals surface area contributed by atoms with E-state index in [2.05, 4.69) is 17.0 Å². The van der Waals surface area contributed by atoms with Crippen LogP contribution in [0.2, 0.25) is 5.02 Å². The van der Waals surface area contributed by atoms with E-state index < -0.39 is 0 Å². The predicted molar refractivity (Wildman–Crippen MR) is 57.8 cm³/mol. The molecule has 5 heteroatoms. The van der Waals surface area contributed by atoms with Crippen LogP contribution in [0, 0.1) is 0 Å². The first-order valence-electron chi connectivity index (χ1n) is 4.12. The molecule has 1 aromatic rings. The molecule has 1 rings (SSSR count). The Morgan fingerprint density at radius 1 is 1.79 bits per heavy atom. The molecule has 0 aliphatic carbocycles. The molecule has 0 aliphatic heterocycles. The number of rotatable bonds is 3. The van der Waals surface area contributed by atoms with Crippen molar-refractivity contribution in [2.45, 2.75) is 6.92 Å². The lowest BCUT2D eigenvalue weighted by atomic mass is 10.3. The molecule has 0 amide bonds. The molecular weight excluding hydrogens is 202 g/mol. The Bertz CT molecular complexity index is 411. The quantitative estimate of drug-likeness (QED) is 0.773. The van der Waals surface area contributed by atoms with Crippen molar-refractivity contribution in [3.63, 3.8) is 0 Å². The van der Waals surface area contributed by atoms with E-state index in [1.54, 1.807) is 7.05 Å². The zero-order chi connectivity index (χ0) is 10.7. The fourth-order valence-corrected chi connectivity index (χ4v) is 1.12. The fourth-order valence-electron chi connectivity index (χ4n) is 0.880. The Kier molecular flexibility index (Phi) is 3.30. The number of hydrogen-bond acceptors (Lipinski definition) is 3. The van der Waals surface area contributed by atoms with Gasteiger partial charge in [-0.25, -0.2) is 4.68 Å². The van der Waals surface area contributed by atoms with Gasteiger partial charge in [0.05, 0.1) is 11.9 Å². The van der Waals surface area contributed by atoms with Gasteiger partial charge in [-0.05, 0) is 6.92 Å². The van der Waals surface area contributed by atoms with Crippen LogP contribution in [0.25, 0.3) is 0 Å². The third kappa shape index (κ3) is 2.35. The van der Waals surface area contributed by atoms with Gasteiger partial charge in [-0.2, -0.15) is 5.10 Å². The summed E-state index contributed by atoms with van der Waals surface area (Å²) in [6.45, 7) is 6.19. The van der Waals surface area contributed by atoms with Crippen LogP contribution >= 0.6 is 11.6 Å². The van der Waals surface area contributed by atoms with Crippen LogP contribution < -0.4 is 10.9 Å². The zero-order valence-electron chi connectivity index (χ0n) is 8.17. The van der Waals surface area contributed by atoms with Crippen LogP contribution in [-0.2, 0) is 7.05 Å². The summed E-state index contributed by atoms with van der Waals surface area (Å²) in [7, 11) is 1.55. The number of aryl methyl sites for hydroxylation is 1. The van der Waals surface area contributed by atoms with Gasteiger partial charge in [0.1, 0.15) is 5.02 Å². The summed E-state index contributed by atoms with van der Waals surface area (Å²) in [4.78, 5) is 11.3. The van der Waals surface area contributed by atoms with Crippen molar-refractivity contribution in [1.29, 1.82) is 0 Å². The second-order valence-electron chi connectivity index (χ2n) is 3.11. The Morgan fingerprint density at radius 2 is 2.43 bits per heavy atom.